The van der Waals surface area contributed by atoms with E-state index in [-0.39, 0.29) is 0 Å². The van der Waals surface area contributed by atoms with Crippen molar-refractivity contribution >= 4 is 12.1 Å². The Bertz CT molecular complexity index is 681. The number of hydrogen-bond acceptors (Lipinski definition) is 4. The molecule has 2 aromatic rings. The van der Waals surface area contributed by atoms with Gasteiger partial charge in [0, 0.05) is 17.3 Å². The van der Waals surface area contributed by atoms with Crippen LogP contribution in [-0.4, -0.2) is 29.0 Å². The second-order valence-electron chi connectivity index (χ2n) is 5.86. The number of aromatic nitrogens is 2. The van der Waals surface area contributed by atoms with Gasteiger partial charge in [-0.2, -0.15) is 0 Å². The third kappa shape index (κ3) is 3.90. The molecular weight excluding hydrogens is 295 g/mol. The summed E-state index contributed by atoms with van der Waals surface area (Å²) in [7, 11) is 0. The van der Waals surface area contributed by atoms with E-state index < -0.39 is 5.82 Å². The highest BCUT2D eigenvalue weighted by Crippen LogP contribution is 2.37. The van der Waals surface area contributed by atoms with Crippen LogP contribution in [0.3, 0.4) is 0 Å². The van der Waals surface area contributed by atoms with Crippen LogP contribution in [0.2, 0.25) is 0 Å². The molecule has 1 aliphatic carbocycles. The first-order valence-corrected chi connectivity index (χ1v) is 7.69. The summed E-state index contributed by atoms with van der Waals surface area (Å²) in [6.45, 7) is 3.18. The minimum absolute atomic E-state index is 0.429. The van der Waals surface area contributed by atoms with Crippen LogP contribution in [0, 0.1) is 18.7 Å². The van der Waals surface area contributed by atoms with E-state index in [4.69, 9.17) is 0 Å². The highest BCUT2D eigenvalue weighted by atomic mass is 19.1. The van der Waals surface area contributed by atoms with Crippen LogP contribution >= 0.6 is 0 Å². The van der Waals surface area contributed by atoms with E-state index in [1.165, 1.54) is 19.4 Å². The van der Waals surface area contributed by atoms with Crippen LogP contribution in [0.5, 0.6) is 0 Å². The number of carbonyl (C=O) groups is 1. The van der Waals surface area contributed by atoms with Crippen LogP contribution in [0.1, 0.15) is 18.4 Å². The standard InChI is InChI=1S/C12H10FN3O.C5H9N/c1-8-2-3-10(16-7-17)4-11(8)12-14-5-9(13)6-15-12;1-2-6-5-3-4(1)5/h2-7H,1H3,(H,16,17);4-6H,1-3H2/t;4?,5-/m.1/s1. The molecule has 0 radical (unpaired) electrons. The van der Waals surface area contributed by atoms with Crippen molar-refractivity contribution in [1.82, 2.24) is 15.3 Å². The SMILES string of the molecule is C1CC2C[C@H]2N1.Cc1ccc(NC=O)cc1-c1ncc(F)cn1. The summed E-state index contributed by atoms with van der Waals surface area (Å²) in [6, 6.07) is 6.33. The van der Waals surface area contributed by atoms with Gasteiger partial charge in [0.25, 0.3) is 0 Å². The van der Waals surface area contributed by atoms with Gasteiger partial charge >= 0.3 is 0 Å². The Labute approximate surface area is 134 Å². The minimum Gasteiger partial charge on any atom is -0.329 e. The normalized spacial score (nSPS) is 21.0. The van der Waals surface area contributed by atoms with Crippen LogP contribution in [0.25, 0.3) is 11.4 Å². The van der Waals surface area contributed by atoms with Gasteiger partial charge in [-0.1, -0.05) is 6.07 Å². The van der Waals surface area contributed by atoms with E-state index in [0.717, 1.165) is 35.5 Å². The Kier molecular flexibility index (Phi) is 4.62. The maximum absolute atomic E-state index is 12.7. The highest BCUT2D eigenvalue weighted by Gasteiger charge is 2.40. The highest BCUT2D eigenvalue weighted by molar-refractivity contribution is 5.75. The fraction of sp³-hybridized carbons (Fsp3) is 0.353. The first kappa shape index (κ1) is 15.6. The smallest absolute Gasteiger partial charge is 0.211 e. The molecule has 1 saturated heterocycles. The molecule has 1 amide bonds. The van der Waals surface area contributed by atoms with Crippen molar-refractivity contribution in [2.45, 2.75) is 25.8 Å². The lowest BCUT2D eigenvalue weighted by atomic mass is 10.1. The molecular formula is C17H19FN4O. The van der Waals surface area contributed by atoms with Gasteiger partial charge in [0.05, 0.1) is 12.4 Å². The maximum Gasteiger partial charge on any atom is 0.211 e. The molecule has 120 valence electrons. The lowest BCUT2D eigenvalue weighted by molar-refractivity contribution is -0.105. The summed E-state index contributed by atoms with van der Waals surface area (Å²) >= 11 is 0. The molecule has 23 heavy (non-hydrogen) atoms. The lowest BCUT2D eigenvalue weighted by Gasteiger charge is -2.06. The molecule has 1 unspecified atom stereocenters. The second kappa shape index (κ2) is 6.83. The molecule has 2 N–H and O–H groups in total. The van der Waals surface area contributed by atoms with E-state index in [1.54, 1.807) is 12.1 Å². The Hall–Kier alpha value is -2.34. The first-order chi connectivity index (χ1) is 11.2. The number of nitrogens with zero attached hydrogens (tertiary/aromatic N) is 2. The van der Waals surface area contributed by atoms with Crippen LogP contribution in [0.4, 0.5) is 10.1 Å². The number of fused-ring (bicyclic) bond motifs is 1. The molecule has 2 fully saturated rings. The predicted octanol–water partition coefficient (Wildman–Crippen LogP) is 2.53. The lowest BCUT2D eigenvalue weighted by Crippen LogP contribution is -2.10. The number of aryl methyl sites for hydroxylation is 1. The largest absolute Gasteiger partial charge is 0.329 e. The van der Waals surface area contributed by atoms with E-state index in [0.29, 0.717) is 17.9 Å². The van der Waals surface area contributed by atoms with Gasteiger partial charge in [0.1, 0.15) is 0 Å². The van der Waals surface area contributed by atoms with E-state index >= 15 is 0 Å². The zero-order chi connectivity index (χ0) is 16.2. The summed E-state index contributed by atoms with van der Waals surface area (Å²) in [4.78, 5) is 18.2. The number of carbonyl (C=O) groups excluding carboxylic acids is 1. The average Bonchev–Trinajstić information content (AvgIpc) is 3.16. The zero-order valence-electron chi connectivity index (χ0n) is 12.9. The molecule has 1 aromatic heterocycles. The Morgan fingerprint density at radius 1 is 1.35 bits per heavy atom. The fourth-order valence-electron chi connectivity index (χ4n) is 2.74. The van der Waals surface area contributed by atoms with Crippen molar-refractivity contribution < 1.29 is 9.18 Å². The van der Waals surface area contributed by atoms with Gasteiger partial charge in [-0.05, 0) is 49.9 Å². The molecule has 1 aromatic carbocycles. The summed E-state index contributed by atoms with van der Waals surface area (Å²) < 4.78 is 12.7. The Balaban J connectivity index is 0.000000213. The first-order valence-electron chi connectivity index (χ1n) is 7.69. The topological polar surface area (TPSA) is 66.9 Å². The number of hydrogen-bond donors (Lipinski definition) is 2. The zero-order valence-corrected chi connectivity index (χ0v) is 12.9. The third-order valence-corrected chi connectivity index (χ3v) is 4.17. The fourth-order valence-corrected chi connectivity index (χ4v) is 2.74. The molecule has 0 spiro atoms. The summed E-state index contributed by atoms with van der Waals surface area (Å²) in [5.74, 6) is 1.05. The van der Waals surface area contributed by atoms with E-state index in [9.17, 15) is 9.18 Å². The predicted molar refractivity (Wildman–Crippen MR) is 86.4 cm³/mol. The van der Waals surface area contributed by atoms with Crippen LogP contribution in [0.15, 0.2) is 30.6 Å². The summed E-state index contributed by atoms with van der Waals surface area (Å²) in [5, 5.41) is 5.94. The molecule has 2 atom stereocenters. The maximum atomic E-state index is 12.7. The molecule has 2 aliphatic rings. The van der Waals surface area contributed by atoms with Gasteiger partial charge in [0.2, 0.25) is 6.41 Å². The number of benzene rings is 1. The van der Waals surface area contributed by atoms with Crippen molar-refractivity contribution in [2.75, 3.05) is 11.9 Å². The molecule has 4 rings (SSSR count). The van der Waals surface area contributed by atoms with Gasteiger partial charge in [-0.3, -0.25) is 4.79 Å². The molecule has 6 heteroatoms. The van der Waals surface area contributed by atoms with Crippen molar-refractivity contribution in [1.29, 1.82) is 0 Å². The quantitative estimate of drug-likeness (QED) is 0.854. The van der Waals surface area contributed by atoms with Crippen molar-refractivity contribution in [3.8, 4) is 11.4 Å². The number of rotatable bonds is 3. The molecule has 2 heterocycles. The number of halogens is 1. The number of piperidine rings is 1. The summed E-state index contributed by atoms with van der Waals surface area (Å²) in [6.07, 6.45) is 5.74. The molecule has 1 aliphatic heterocycles. The van der Waals surface area contributed by atoms with Gasteiger partial charge < -0.3 is 10.6 Å². The van der Waals surface area contributed by atoms with Crippen LogP contribution in [-0.2, 0) is 4.79 Å². The molecule has 1 saturated carbocycles. The minimum atomic E-state index is -0.478. The number of nitrogens with one attached hydrogen (secondary N) is 2. The van der Waals surface area contributed by atoms with Crippen molar-refractivity contribution in [2.24, 2.45) is 5.92 Å². The summed E-state index contributed by atoms with van der Waals surface area (Å²) in [5.41, 5.74) is 2.36. The van der Waals surface area contributed by atoms with Gasteiger partial charge in [-0.15, -0.1) is 0 Å². The monoisotopic (exact) mass is 314 g/mol. The number of amides is 1. The second-order valence-corrected chi connectivity index (χ2v) is 5.86. The third-order valence-electron chi connectivity index (χ3n) is 4.17. The van der Waals surface area contributed by atoms with Crippen molar-refractivity contribution in [3.05, 3.63) is 42.0 Å². The Morgan fingerprint density at radius 3 is 2.65 bits per heavy atom. The number of anilines is 1. The van der Waals surface area contributed by atoms with Crippen molar-refractivity contribution in [3.63, 3.8) is 0 Å². The molecule has 5 nitrogen and oxygen atoms in total. The Morgan fingerprint density at radius 2 is 2.13 bits per heavy atom. The van der Waals surface area contributed by atoms with E-state index in [2.05, 4.69) is 20.6 Å². The van der Waals surface area contributed by atoms with Crippen LogP contribution < -0.4 is 10.6 Å². The molecule has 0 bridgehead atoms. The average molecular weight is 314 g/mol. The van der Waals surface area contributed by atoms with Gasteiger partial charge in [0.15, 0.2) is 11.6 Å². The van der Waals surface area contributed by atoms with Gasteiger partial charge in [-0.25, -0.2) is 14.4 Å². The van der Waals surface area contributed by atoms with E-state index in [1.807, 2.05) is 13.0 Å².